The third-order valence-corrected chi connectivity index (χ3v) is 8.10. The number of amides is 1. The van der Waals surface area contributed by atoms with Crippen LogP contribution in [0.3, 0.4) is 0 Å². The molecule has 1 aromatic carbocycles. The van der Waals surface area contributed by atoms with Crippen LogP contribution in [0.2, 0.25) is 0 Å². The molecule has 0 atom stereocenters. The first-order chi connectivity index (χ1) is 15.9. The van der Waals surface area contributed by atoms with Crippen molar-refractivity contribution in [2.75, 3.05) is 26.2 Å². The van der Waals surface area contributed by atoms with Crippen molar-refractivity contribution in [3.05, 3.63) is 65.0 Å². The Bertz CT molecular complexity index is 1340. The second-order valence-electron chi connectivity index (χ2n) is 8.43. The minimum absolute atomic E-state index is 0.0419. The summed E-state index contributed by atoms with van der Waals surface area (Å²) in [7, 11) is -3.62. The highest BCUT2D eigenvalue weighted by atomic mass is 32.2. The van der Waals surface area contributed by atoms with E-state index >= 15 is 0 Å². The molecule has 0 bridgehead atoms. The summed E-state index contributed by atoms with van der Waals surface area (Å²) in [5.74, 6) is 0.588. The van der Waals surface area contributed by atoms with Gasteiger partial charge in [0.05, 0.1) is 10.9 Å². The highest BCUT2D eigenvalue weighted by Crippen LogP contribution is 2.35. The fourth-order valence-electron chi connectivity index (χ4n) is 4.28. The lowest BCUT2D eigenvalue weighted by Crippen LogP contribution is -2.50. The Balaban J connectivity index is 1.25. The maximum atomic E-state index is 13.0. The minimum atomic E-state index is -3.62. The van der Waals surface area contributed by atoms with Gasteiger partial charge in [0.2, 0.25) is 15.9 Å². The Morgan fingerprint density at radius 2 is 1.79 bits per heavy atom. The standard InChI is InChI=1S/C23H25N5O4S/c29-22(26-12-14-27(15-13-26)33(31,32)18-4-3-11-24-16-18)10-9-21-25-20-6-2-1-5-19(20)23(30)28(21)17-7-8-17/h1-6,11,16-17H,7-10,12-15H2. The molecule has 5 rings (SSSR count). The Morgan fingerprint density at radius 1 is 1.03 bits per heavy atom. The Morgan fingerprint density at radius 3 is 2.48 bits per heavy atom. The number of fused-ring (bicyclic) bond motifs is 1. The summed E-state index contributed by atoms with van der Waals surface area (Å²) in [5, 5.41) is 0.602. The second kappa shape index (κ2) is 8.68. The average Bonchev–Trinajstić information content (AvgIpc) is 3.68. The first-order valence-corrected chi connectivity index (χ1v) is 12.6. The van der Waals surface area contributed by atoms with E-state index < -0.39 is 10.0 Å². The molecule has 0 unspecified atom stereocenters. The van der Waals surface area contributed by atoms with Crippen LogP contribution in [0.4, 0.5) is 0 Å². The van der Waals surface area contributed by atoms with Crippen molar-refractivity contribution >= 4 is 26.8 Å². The van der Waals surface area contributed by atoms with Crippen LogP contribution in [-0.2, 0) is 21.2 Å². The first-order valence-electron chi connectivity index (χ1n) is 11.1. The summed E-state index contributed by atoms with van der Waals surface area (Å²) >= 11 is 0. The van der Waals surface area contributed by atoms with Crippen molar-refractivity contribution in [3.63, 3.8) is 0 Å². The predicted octanol–water partition coefficient (Wildman–Crippen LogP) is 1.59. The molecule has 10 heteroatoms. The molecule has 1 aliphatic heterocycles. The smallest absolute Gasteiger partial charge is 0.261 e. The molecule has 1 aliphatic carbocycles. The number of carbonyl (C=O) groups excluding carboxylic acids is 1. The van der Waals surface area contributed by atoms with Gasteiger partial charge in [-0.05, 0) is 37.1 Å². The zero-order valence-electron chi connectivity index (χ0n) is 18.1. The number of piperazine rings is 1. The Hall–Kier alpha value is -3.11. The van der Waals surface area contributed by atoms with Crippen molar-refractivity contribution < 1.29 is 13.2 Å². The summed E-state index contributed by atoms with van der Waals surface area (Å²) in [6.07, 6.45) is 5.38. The van der Waals surface area contributed by atoms with E-state index in [0.717, 1.165) is 12.8 Å². The van der Waals surface area contributed by atoms with Crippen LogP contribution in [-0.4, -0.2) is 64.2 Å². The highest BCUT2D eigenvalue weighted by Gasteiger charge is 2.31. The van der Waals surface area contributed by atoms with Gasteiger partial charge in [0.25, 0.3) is 5.56 Å². The summed E-state index contributed by atoms with van der Waals surface area (Å²) in [5.41, 5.74) is 0.607. The van der Waals surface area contributed by atoms with Crippen LogP contribution < -0.4 is 5.56 Å². The first kappa shape index (κ1) is 21.7. The van der Waals surface area contributed by atoms with Gasteiger partial charge >= 0.3 is 0 Å². The molecular formula is C23H25N5O4S. The molecule has 0 radical (unpaired) electrons. The fourth-order valence-corrected chi connectivity index (χ4v) is 5.67. The number of nitrogens with zero attached hydrogens (tertiary/aromatic N) is 5. The predicted molar refractivity (Wildman–Crippen MR) is 122 cm³/mol. The van der Waals surface area contributed by atoms with Crippen molar-refractivity contribution in [2.24, 2.45) is 0 Å². The normalized spacial score (nSPS) is 17.4. The molecule has 172 valence electrons. The van der Waals surface area contributed by atoms with Gasteiger partial charge in [-0.1, -0.05) is 12.1 Å². The highest BCUT2D eigenvalue weighted by molar-refractivity contribution is 7.89. The molecule has 1 saturated carbocycles. The van der Waals surface area contributed by atoms with Crippen molar-refractivity contribution in [3.8, 4) is 0 Å². The van der Waals surface area contributed by atoms with Crippen LogP contribution in [0.15, 0.2) is 58.5 Å². The van der Waals surface area contributed by atoms with E-state index in [0.29, 0.717) is 36.2 Å². The minimum Gasteiger partial charge on any atom is -0.340 e. The molecule has 9 nitrogen and oxygen atoms in total. The van der Waals surface area contributed by atoms with Crippen LogP contribution in [0, 0.1) is 0 Å². The summed E-state index contributed by atoms with van der Waals surface area (Å²) < 4.78 is 28.7. The van der Waals surface area contributed by atoms with Gasteiger partial charge < -0.3 is 4.90 Å². The number of pyridine rings is 1. The molecule has 0 N–H and O–H groups in total. The quantitative estimate of drug-likeness (QED) is 0.545. The molecule has 33 heavy (non-hydrogen) atoms. The SMILES string of the molecule is O=C(CCc1nc2ccccc2c(=O)n1C1CC1)N1CCN(S(=O)(=O)c2cccnc2)CC1. The number of hydrogen-bond donors (Lipinski definition) is 0. The Labute approximate surface area is 191 Å². The summed E-state index contributed by atoms with van der Waals surface area (Å²) in [6.45, 7) is 1.14. The van der Waals surface area contributed by atoms with E-state index in [-0.39, 0.29) is 41.9 Å². The lowest BCUT2D eigenvalue weighted by Gasteiger charge is -2.34. The van der Waals surface area contributed by atoms with E-state index in [4.69, 9.17) is 4.98 Å². The van der Waals surface area contributed by atoms with Crippen LogP contribution in [0.5, 0.6) is 0 Å². The number of rotatable bonds is 6. The molecule has 1 amide bonds. The van der Waals surface area contributed by atoms with E-state index in [1.807, 2.05) is 18.2 Å². The molecule has 1 saturated heterocycles. The molecule has 3 heterocycles. The molecule has 2 aromatic heterocycles. The fraction of sp³-hybridized carbons (Fsp3) is 0.391. The van der Waals surface area contributed by atoms with E-state index in [2.05, 4.69) is 4.98 Å². The maximum Gasteiger partial charge on any atom is 0.261 e. The van der Waals surface area contributed by atoms with Gasteiger partial charge in [-0.3, -0.25) is 19.1 Å². The number of aryl methyl sites for hydroxylation is 1. The number of aromatic nitrogens is 3. The van der Waals surface area contributed by atoms with Crippen molar-refractivity contribution in [1.82, 2.24) is 23.7 Å². The van der Waals surface area contributed by atoms with Crippen molar-refractivity contribution in [2.45, 2.75) is 36.6 Å². The lowest BCUT2D eigenvalue weighted by atomic mass is 10.2. The molecule has 3 aromatic rings. The molecule has 2 aliphatic rings. The van der Waals surface area contributed by atoms with Gasteiger partial charge in [0.1, 0.15) is 10.7 Å². The van der Waals surface area contributed by atoms with Crippen LogP contribution >= 0.6 is 0 Å². The van der Waals surface area contributed by atoms with Gasteiger partial charge in [0, 0.05) is 57.5 Å². The second-order valence-corrected chi connectivity index (χ2v) is 10.4. The molecule has 2 fully saturated rings. The number of carbonyl (C=O) groups is 1. The lowest BCUT2D eigenvalue weighted by molar-refractivity contribution is -0.132. The molecular weight excluding hydrogens is 442 g/mol. The third kappa shape index (κ3) is 4.28. The Kier molecular flexibility index (Phi) is 5.71. The zero-order chi connectivity index (χ0) is 23.0. The summed E-state index contributed by atoms with van der Waals surface area (Å²) in [4.78, 5) is 36.3. The maximum absolute atomic E-state index is 13.0. The zero-order valence-corrected chi connectivity index (χ0v) is 18.9. The third-order valence-electron chi connectivity index (χ3n) is 6.22. The van der Waals surface area contributed by atoms with Crippen LogP contribution in [0.25, 0.3) is 10.9 Å². The van der Waals surface area contributed by atoms with E-state index in [9.17, 15) is 18.0 Å². The van der Waals surface area contributed by atoms with Gasteiger partial charge in [0.15, 0.2) is 0 Å². The topological polar surface area (TPSA) is 105 Å². The van der Waals surface area contributed by atoms with Crippen LogP contribution in [0.1, 0.15) is 31.1 Å². The van der Waals surface area contributed by atoms with Gasteiger partial charge in [-0.2, -0.15) is 4.31 Å². The number of para-hydroxylation sites is 1. The monoisotopic (exact) mass is 467 g/mol. The van der Waals surface area contributed by atoms with Gasteiger partial charge in [-0.15, -0.1) is 0 Å². The summed E-state index contributed by atoms with van der Waals surface area (Å²) in [6, 6.07) is 10.6. The number of sulfonamides is 1. The number of hydrogen-bond acceptors (Lipinski definition) is 6. The van der Waals surface area contributed by atoms with E-state index in [1.54, 1.807) is 21.6 Å². The molecule has 0 spiro atoms. The van der Waals surface area contributed by atoms with E-state index in [1.165, 1.54) is 22.8 Å². The van der Waals surface area contributed by atoms with Gasteiger partial charge in [-0.25, -0.2) is 13.4 Å². The average molecular weight is 468 g/mol. The largest absolute Gasteiger partial charge is 0.340 e. The van der Waals surface area contributed by atoms with Crippen molar-refractivity contribution in [1.29, 1.82) is 0 Å². The number of benzene rings is 1.